The molecular weight excluding hydrogens is 424 g/mol. The molecule has 0 atom stereocenters. The normalized spacial score (nSPS) is 15.3. The van der Waals surface area contributed by atoms with Crippen LogP contribution >= 0.6 is 11.6 Å². The van der Waals surface area contributed by atoms with Gasteiger partial charge in [-0.3, -0.25) is 9.52 Å². The first-order valence-electron chi connectivity index (χ1n) is 10.1. The van der Waals surface area contributed by atoms with Crippen molar-refractivity contribution in [2.45, 2.75) is 56.4 Å². The van der Waals surface area contributed by atoms with Gasteiger partial charge in [0.2, 0.25) is 0 Å². The molecule has 1 saturated carbocycles. The van der Waals surface area contributed by atoms with Crippen molar-refractivity contribution in [2.75, 3.05) is 11.3 Å². The Kier molecular flexibility index (Phi) is 7.61. The summed E-state index contributed by atoms with van der Waals surface area (Å²) in [6.45, 7) is 1.76. The van der Waals surface area contributed by atoms with E-state index in [9.17, 15) is 13.2 Å². The minimum absolute atomic E-state index is 0.0170. The third-order valence-corrected chi connectivity index (χ3v) is 6.77. The standard InChI is InChI=1S/C22H27ClN2O4S/c1-16-8-10-18(11-9-16)25-30(27,28)19-12-13-21(20(23)14-19)29-15-22(26)24-17-6-4-2-3-5-7-17/h8-14,17,25H,2-7,15H2,1H3,(H,24,26). The fourth-order valence-corrected chi connectivity index (χ4v) is 4.82. The van der Waals surface area contributed by atoms with Crippen LogP contribution in [0.25, 0.3) is 0 Å². The van der Waals surface area contributed by atoms with Crippen molar-refractivity contribution in [3.05, 3.63) is 53.1 Å². The topological polar surface area (TPSA) is 84.5 Å². The number of benzene rings is 2. The lowest BCUT2D eigenvalue weighted by Crippen LogP contribution is -2.37. The van der Waals surface area contributed by atoms with Crippen LogP contribution in [0.4, 0.5) is 5.69 Å². The molecule has 2 aromatic carbocycles. The SMILES string of the molecule is Cc1ccc(NS(=O)(=O)c2ccc(OCC(=O)NC3CCCCCC3)c(Cl)c2)cc1. The van der Waals surface area contributed by atoms with Crippen molar-refractivity contribution in [1.29, 1.82) is 0 Å². The molecule has 6 nitrogen and oxygen atoms in total. The van der Waals surface area contributed by atoms with E-state index in [0.29, 0.717) is 5.69 Å². The van der Waals surface area contributed by atoms with Crippen molar-refractivity contribution in [3.8, 4) is 5.75 Å². The number of anilines is 1. The predicted molar refractivity (Wildman–Crippen MR) is 119 cm³/mol. The molecule has 8 heteroatoms. The predicted octanol–water partition coefficient (Wildman–Crippen LogP) is 4.67. The first-order valence-corrected chi connectivity index (χ1v) is 12.0. The maximum absolute atomic E-state index is 12.6. The summed E-state index contributed by atoms with van der Waals surface area (Å²) in [5.41, 5.74) is 1.50. The van der Waals surface area contributed by atoms with E-state index in [1.165, 1.54) is 31.0 Å². The lowest BCUT2D eigenvalue weighted by molar-refractivity contribution is -0.123. The first kappa shape index (κ1) is 22.4. The van der Waals surface area contributed by atoms with Gasteiger partial charge in [-0.15, -0.1) is 0 Å². The Hall–Kier alpha value is -2.25. The summed E-state index contributed by atoms with van der Waals surface area (Å²) in [7, 11) is -3.79. The number of hydrogen-bond donors (Lipinski definition) is 2. The number of carbonyl (C=O) groups is 1. The third kappa shape index (κ3) is 6.37. The minimum Gasteiger partial charge on any atom is -0.482 e. The van der Waals surface area contributed by atoms with Crippen molar-refractivity contribution in [3.63, 3.8) is 0 Å². The fourth-order valence-electron chi connectivity index (χ4n) is 3.44. The first-order chi connectivity index (χ1) is 14.3. The molecule has 2 N–H and O–H groups in total. The molecule has 0 unspecified atom stereocenters. The average molecular weight is 451 g/mol. The second-order valence-corrected chi connectivity index (χ2v) is 9.70. The number of sulfonamides is 1. The van der Waals surface area contributed by atoms with E-state index in [4.69, 9.17) is 16.3 Å². The van der Waals surface area contributed by atoms with Crippen LogP contribution in [0.5, 0.6) is 5.75 Å². The fraction of sp³-hybridized carbons (Fsp3) is 0.409. The van der Waals surface area contributed by atoms with E-state index < -0.39 is 10.0 Å². The van der Waals surface area contributed by atoms with E-state index in [1.807, 2.05) is 19.1 Å². The number of ether oxygens (including phenoxy) is 1. The monoisotopic (exact) mass is 450 g/mol. The Balaban J connectivity index is 1.58. The zero-order valence-electron chi connectivity index (χ0n) is 17.0. The molecule has 1 fully saturated rings. The highest BCUT2D eigenvalue weighted by Gasteiger charge is 2.18. The summed E-state index contributed by atoms with van der Waals surface area (Å²) in [6.07, 6.45) is 6.67. The highest BCUT2D eigenvalue weighted by atomic mass is 35.5. The van der Waals surface area contributed by atoms with Crippen LogP contribution in [0.15, 0.2) is 47.4 Å². The van der Waals surface area contributed by atoms with Gasteiger partial charge in [-0.1, -0.05) is 55.0 Å². The number of amides is 1. The number of hydrogen-bond acceptors (Lipinski definition) is 4. The third-order valence-electron chi connectivity index (χ3n) is 5.10. The summed E-state index contributed by atoms with van der Waals surface area (Å²) in [4.78, 5) is 12.2. The van der Waals surface area contributed by atoms with Gasteiger partial charge < -0.3 is 10.1 Å². The largest absolute Gasteiger partial charge is 0.482 e. The Morgan fingerprint density at radius 3 is 2.37 bits per heavy atom. The van der Waals surface area contributed by atoms with Gasteiger partial charge in [0.1, 0.15) is 5.75 Å². The summed E-state index contributed by atoms with van der Waals surface area (Å²) >= 11 is 6.21. The van der Waals surface area contributed by atoms with Crippen LogP contribution in [0.2, 0.25) is 5.02 Å². The molecule has 0 aliphatic heterocycles. The van der Waals surface area contributed by atoms with Crippen molar-refractivity contribution in [1.82, 2.24) is 5.32 Å². The molecule has 0 heterocycles. The second-order valence-electron chi connectivity index (χ2n) is 7.61. The minimum atomic E-state index is -3.79. The highest BCUT2D eigenvalue weighted by molar-refractivity contribution is 7.92. The molecule has 3 rings (SSSR count). The number of rotatable bonds is 7. The Bertz CT molecular complexity index is 969. The summed E-state index contributed by atoms with van der Waals surface area (Å²) < 4.78 is 33.2. The van der Waals surface area contributed by atoms with Crippen LogP contribution in [0, 0.1) is 6.92 Å². The zero-order valence-corrected chi connectivity index (χ0v) is 18.6. The van der Waals surface area contributed by atoms with Gasteiger partial charge in [0.25, 0.3) is 15.9 Å². The molecule has 0 bridgehead atoms. The van der Waals surface area contributed by atoms with Crippen LogP contribution in [0.1, 0.15) is 44.1 Å². The Morgan fingerprint density at radius 1 is 1.07 bits per heavy atom. The van der Waals surface area contributed by atoms with Gasteiger partial charge in [0.05, 0.1) is 9.92 Å². The van der Waals surface area contributed by atoms with Crippen LogP contribution in [-0.4, -0.2) is 27.0 Å². The number of carbonyl (C=O) groups excluding carboxylic acids is 1. The lowest BCUT2D eigenvalue weighted by Gasteiger charge is -2.16. The maximum Gasteiger partial charge on any atom is 0.261 e. The lowest BCUT2D eigenvalue weighted by atomic mass is 10.1. The molecule has 2 aromatic rings. The quantitative estimate of drug-likeness (QED) is 0.600. The van der Waals surface area contributed by atoms with Gasteiger partial charge in [0, 0.05) is 11.7 Å². The Morgan fingerprint density at radius 2 is 1.73 bits per heavy atom. The molecule has 0 radical (unpaired) electrons. The van der Waals surface area contributed by atoms with Gasteiger partial charge >= 0.3 is 0 Å². The molecular formula is C22H27ClN2O4S. The second kappa shape index (κ2) is 10.2. The Labute approximate surface area is 183 Å². The number of nitrogens with one attached hydrogen (secondary N) is 2. The number of halogens is 1. The molecule has 1 amide bonds. The van der Waals surface area contributed by atoms with Gasteiger partial charge in [-0.05, 0) is 50.1 Å². The van der Waals surface area contributed by atoms with E-state index in [1.54, 1.807) is 12.1 Å². The van der Waals surface area contributed by atoms with Crippen LogP contribution in [-0.2, 0) is 14.8 Å². The highest BCUT2D eigenvalue weighted by Crippen LogP contribution is 2.28. The van der Waals surface area contributed by atoms with E-state index in [2.05, 4.69) is 10.0 Å². The molecule has 0 spiro atoms. The molecule has 30 heavy (non-hydrogen) atoms. The van der Waals surface area contributed by atoms with E-state index in [-0.39, 0.29) is 34.2 Å². The molecule has 162 valence electrons. The molecule has 0 aromatic heterocycles. The summed E-state index contributed by atoms with van der Waals surface area (Å²) in [5, 5.41) is 3.13. The van der Waals surface area contributed by atoms with Gasteiger partial charge in [0.15, 0.2) is 6.61 Å². The van der Waals surface area contributed by atoms with Crippen LogP contribution < -0.4 is 14.8 Å². The number of aryl methyl sites for hydroxylation is 1. The smallest absolute Gasteiger partial charge is 0.261 e. The maximum atomic E-state index is 12.6. The van der Waals surface area contributed by atoms with E-state index >= 15 is 0 Å². The van der Waals surface area contributed by atoms with E-state index in [0.717, 1.165) is 31.2 Å². The molecule has 1 aliphatic rings. The van der Waals surface area contributed by atoms with Crippen molar-refractivity contribution >= 4 is 33.2 Å². The summed E-state index contributed by atoms with van der Waals surface area (Å²) in [6, 6.07) is 11.4. The van der Waals surface area contributed by atoms with Crippen molar-refractivity contribution in [2.24, 2.45) is 0 Å². The molecule has 0 saturated heterocycles. The summed E-state index contributed by atoms with van der Waals surface area (Å²) in [5.74, 6) is 0.0673. The van der Waals surface area contributed by atoms with Gasteiger partial charge in [-0.2, -0.15) is 0 Å². The zero-order chi connectivity index (χ0) is 21.6. The molecule has 1 aliphatic carbocycles. The van der Waals surface area contributed by atoms with Crippen LogP contribution in [0.3, 0.4) is 0 Å². The van der Waals surface area contributed by atoms with Crippen molar-refractivity contribution < 1.29 is 17.9 Å². The average Bonchev–Trinajstić information content (AvgIpc) is 2.97. The van der Waals surface area contributed by atoms with Gasteiger partial charge in [-0.25, -0.2) is 8.42 Å².